The Labute approximate surface area is 127 Å². The van der Waals surface area contributed by atoms with E-state index in [1.165, 1.54) is 27.1 Å². The van der Waals surface area contributed by atoms with Crippen LogP contribution in [0.15, 0.2) is 29.6 Å². The molecule has 1 atom stereocenters. The fourth-order valence-electron chi connectivity index (χ4n) is 2.90. The van der Waals surface area contributed by atoms with Gasteiger partial charge in [-0.3, -0.25) is 0 Å². The van der Waals surface area contributed by atoms with Crippen molar-refractivity contribution in [3.05, 3.63) is 56.8 Å². The highest BCUT2D eigenvalue weighted by atomic mass is 32.1. The first-order valence-electron chi connectivity index (χ1n) is 7.60. The smallest absolute Gasteiger partial charge is 0.0673 e. The van der Waals surface area contributed by atoms with Crippen molar-refractivity contribution in [2.75, 3.05) is 7.05 Å². The Bertz CT molecular complexity index is 518. The van der Waals surface area contributed by atoms with Gasteiger partial charge in [0.05, 0.1) is 6.04 Å². The van der Waals surface area contributed by atoms with E-state index in [9.17, 15) is 0 Å². The molecule has 0 spiro atoms. The number of hydrogen-bond acceptors (Lipinski definition) is 2. The van der Waals surface area contributed by atoms with E-state index in [0.29, 0.717) is 6.04 Å². The molecule has 2 aromatic rings. The first kappa shape index (κ1) is 15.3. The summed E-state index contributed by atoms with van der Waals surface area (Å²) in [5.41, 5.74) is 5.95. The molecule has 1 nitrogen and oxygen atoms in total. The lowest BCUT2D eigenvalue weighted by Crippen LogP contribution is -2.20. The van der Waals surface area contributed by atoms with Gasteiger partial charge in [-0.2, -0.15) is 0 Å². The minimum Gasteiger partial charge on any atom is -0.309 e. The molecular weight excluding hydrogens is 262 g/mol. The molecule has 1 aromatic carbocycles. The van der Waals surface area contributed by atoms with Crippen molar-refractivity contribution >= 4 is 11.3 Å². The van der Waals surface area contributed by atoms with Crippen LogP contribution >= 0.6 is 11.3 Å². The Morgan fingerprint density at radius 1 is 1.05 bits per heavy atom. The first-order valence-corrected chi connectivity index (χ1v) is 8.48. The van der Waals surface area contributed by atoms with Crippen LogP contribution < -0.4 is 5.32 Å². The summed E-state index contributed by atoms with van der Waals surface area (Å²) >= 11 is 1.84. The van der Waals surface area contributed by atoms with Gasteiger partial charge in [0.1, 0.15) is 0 Å². The molecule has 0 aliphatic carbocycles. The van der Waals surface area contributed by atoms with Gasteiger partial charge in [-0.25, -0.2) is 0 Å². The molecule has 0 saturated heterocycles. The van der Waals surface area contributed by atoms with Crippen molar-refractivity contribution in [3.63, 3.8) is 0 Å². The number of benzene rings is 1. The second kappa shape index (κ2) is 7.05. The fraction of sp³-hybridized carbons (Fsp3) is 0.444. The average Bonchev–Trinajstić information content (AvgIpc) is 3.01. The molecule has 1 unspecified atom stereocenters. The maximum absolute atomic E-state index is 3.52. The number of nitrogens with one attached hydrogen (secondary N) is 1. The van der Waals surface area contributed by atoms with Gasteiger partial charge in [0, 0.05) is 4.88 Å². The van der Waals surface area contributed by atoms with Crippen LogP contribution in [0.2, 0.25) is 0 Å². The topological polar surface area (TPSA) is 12.0 Å². The van der Waals surface area contributed by atoms with E-state index in [1.807, 2.05) is 11.3 Å². The lowest BCUT2D eigenvalue weighted by Gasteiger charge is -2.23. The molecule has 1 aromatic heterocycles. The minimum absolute atomic E-state index is 0.325. The molecule has 0 bridgehead atoms. The summed E-state index contributed by atoms with van der Waals surface area (Å²) < 4.78 is 0. The van der Waals surface area contributed by atoms with Crippen LogP contribution in [0.25, 0.3) is 0 Å². The number of hydrogen-bond donors (Lipinski definition) is 1. The molecule has 20 heavy (non-hydrogen) atoms. The minimum atomic E-state index is 0.325. The summed E-state index contributed by atoms with van der Waals surface area (Å²) in [6.07, 6.45) is 3.31. The zero-order chi connectivity index (χ0) is 14.5. The molecule has 2 rings (SSSR count). The lowest BCUT2D eigenvalue weighted by atomic mass is 9.88. The summed E-state index contributed by atoms with van der Waals surface area (Å²) in [6, 6.07) is 9.49. The van der Waals surface area contributed by atoms with Crippen LogP contribution in [0.1, 0.15) is 53.9 Å². The summed E-state index contributed by atoms with van der Waals surface area (Å²) in [4.78, 5) is 1.40. The molecule has 0 aliphatic rings. The van der Waals surface area contributed by atoms with Crippen LogP contribution in [0.3, 0.4) is 0 Å². The van der Waals surface area contributed by atoms with Gasteiger partial charge >= 0.3 is 0 Å². The predicted octanol–water partition coefficient (Wildman–Crippen LogP) is 4.74. The van der Waals surface area contributed by atoms with Crippen LogP contribution in [-0.2, 0) is 19.3 Å². The van der Waals surface area contributed by atoms with Crippen molar-refractivity contribution in [1.82, 2.24) is 5.32 Å². The zero-order valence-electron chi connectivity index (χ0n) is 13.0. The van der Waals surface area contributed by atoms with Gasteiger partial charge < -0.3 is 5.32 Å². The quantitative estimate of drug-likeness (QED) is 0.809. The van der Waals surface area contributed by atoms with Crippen LogP contribution in [-0.4, -0.2) is 7.05 Å². The van der Waals surface area contributed by atoms with Gasteiger partial charge in [0.15, 0.2) is 0 Å². The Morgan fingerprint density at radius 3 is 2.10 bits per heavy atom. The van der Waals surface area contributed by atoms with Crippen molar-refractivity contribution in [1.29, 1.82) is 0 Å². The van der Waals surface area contributed by atoms with E-state index in [0.717, 1.165) is 19.3 Å². The van der Waals surface area contributed by atoms with Crippen molar-refractivity contribution in [2.24, 2.45) is 0 Å². The summed E-state index contributed by atoms with van der Waals surface area (Å²) in [7, 11) is 2.07. The van der Waals surface area contributed by atoms with Crippen molar-refractivity contribution in [3.8, 4) is 0 Å². The van der Waals surface area contributed by atoms with E-state index in [4.69, 9.17) is 0 Å². The van der Waals surface area contributed by atoms with Gasteiger partial charge in [0.25, 0.3) is 0 Å². The van der Waals surface area contributed by atoms with E-state index in [-0.39, 0.29) is 0 Å². The van der Waals surface area contributed by atoms with E-state index < -0.39 is 0 Å². The summed E-state index contributed by atoms with van der Waals surface area (Å²) in [5.74, 6) is 0. The molecule has 0 fully saturated rings. The van der Waals surface area contributed by atoms with Gasteiger partial charge in [0.2, 0.25) is 0 Å². The molecule has 0 radical (unpaired) electrons. The monoisotopic (exact) mass is 287 g/mol. The highest BCUT2D eigenvalue weighted by Crippen LogP contribution is 2.32. The molecule has 1 heterocycles. The molecule has 0 aliphatic heterocycles. The van der Waals surface area contributed by atoms with Gasteiger partial charge in [-0.05, 0) is 60.0 Å². The van der Waals surface area contributed by atoms with Crippen LogP contribution in [0, 0.1) is 0 Å². The van der Waals surface area contributed by atoms with E-state index >= 15 is 0 Å². The maximum Gasteiger partial charge on any atom is 0.0673 e. The summed E-state index contributed by atoms with van der Waals surface area (Å²) in [5, 5.41) is 5.68. The standard InChI is InChI=1S/C18H25NS/c1-5-13-11-14(6-2)17(15(7-3)12-13)18(19-4)16-9-8-10-20-16/h8-12,18-19H,5-7H2,1-4H3. The third-order valence-electron chi connectivity index (χ3n) is 3.99. The average molecular weight is 287 g/mol. The molecule has 0 saturated carbocycles. The summed E-state index contributed by atoms with van der Waals surface area (Å²) in [6.45, 7) is 6.76. The number of thiophene rings is 1. The lowest BCUT2D eigenvalue weighted by molar-refractivity contribution is 0.686. The highest BCUT2D eigenvalue weighted by Gasteiger charge is 2.19. The number of rotatable bonds is 6. The molecular formula is C18H25NS. The SMILES string of the molecule is CCc1cc(CC)c(C(NC)c2cccs2)c(CC)c1. The second-order valence-electron chi connectivity index (χ2n) is 5.13. The van der Waals surface area contributed by atoms with Crippen LogP contribution in [0.5, 0.6) is 0 Å². The Kier molecular flexibility index (Phi) is 5.38. The maximum atomic E-state index is 3.52. The van der Waals surface area contributed by atoms with E-state index in [2.05, 4.69) is 62.8 Å². The molecule has 1 N–H and O–H groups in total. The molecule has 0 amide bonds. The van der Waals surface area contributed by atoms with Gasteiger partial charge in [-0.15, -0.1) is 11.3 Å². The van der Waals surface area contributed by atoms with Crippen LogP contribution in [0.4, 0.5) is 0 Å². The molecule has 2 heteroatoms. The van der Waals surface area contributed by atoms with E-state index in [1.54, 1.807) is 0 Å². The third-order valence-corrected chi connectivity index (χ3v) is 4.92. The largest absolute Gasteiger partial charge is 0.309 e. The third kappa shape index (κ3) is 2.97. The zero-order valence-corrected chi connectivity index (χ0v) is 13.8. The second-order valence-corrected chi connectivity index (χ2v) is 6.10. The van der Waals surface area contributed by atoms with Gasteiger partial charge in [-0.1, -0.05) is 39.0 Å². The van der Waals surface area contributed by atoms with Crippen molar-refractivity contribution in [2.45, 2.75) is 46.1 Å². The molecule has 108 valence electrons. The normalized spacial score (nSPS) is 12.6. The Morgan fingerprint density at radius 2 is 1.70 bits per heavy atom. The fourth-order valence-corrected chi connectivity index (χ4v) is 3.74. The first-order chi connectivity index (χ1) is 9.74. The Hall–Kier alpha value is -1.12. The number of aryl methyl sites for hydroxylation is 3. The predicted molar refractivity (Wildman–Crippen MR) is 89.8 cm³/mol. The highest BCUT2D eigenvalue weighted by molar-refractivity contribution is 7.10. The van der Waals surface area contributed by atoms with Crippen molar-refractivity contribution < 1.29 is 0 Å². The Balaban J connectivity index is 2.58.